The first-order valence-electron chi connectivity index (χ1n) is 6.52. The second kappa shape index (κ2) is 6.90. The molecule has 0 aromatic heterocycles. The molecule has 4 nitrogen and oxygen atoms in total. The largest absolute Gasteiger partial charge is 0.507 e. The van der Waals surface area contributed by atoms with Gasteiger partial charge in [0, 0.05) is 5.02 Å². The lowest BCUT2D eigenvalue weighted by Gasteiger charge is -2.06. The van der Waals surface area contributed by atoms with Crippen LogP contribution in [0, 0.1) is 0 Å². The van der Waals surface area contributed by atoms with Crippen molar-refractivity contribution in [1.29, 1.82) is 0 Å². The molecule has 2 N–H and O–H groups in total. The van der Waals surface area contributed by atoms with Crippen LogP contribution in [0.25, 0.3) is 0 Å². The minimum atomic E-state index is -0.451. The van der Waals surface area contributed by atoms with Crippen LogP contribution in [-0.2, 0) is 0 Å². The average Bonchev–Trinajstić information content (AvgIpc) is 2.49. The number of aromatic hydroxyl groups is 1. The molecule has 2 aromatic carbocycles. The van der Waals surface area contributed by atoms with Crippen molar-refractivity contribution in [1.82, 2.24) is 5.43 Å². The molecular formula is C16H15ClN2O2. The number of phenols is 1. The summed E-state index contributed by atoms with van der Waals surface area (Å²) in [6.45, 7) is 1.94. The van der Waals surface area contributed by atoms with Crippen LogP contribution in [0.2, 0.25) is 5.02 Å². The number of hydrogen-bond acceptors (Lipinski definition) is 3. The Labute approximate surface area is 128 Å². The van der Waals surface area contributed by atoms with Crippen molar-refractivity contribution in [3.8, 4) is 5.75 Å². The number of rotatable bonds is 4. The van der Waals surface area contributed by atoms with Gasteiger partial charge in [0.2, 0.25) is 0 Å². The van der Waals surface area contributed by atoms with Crippen LogP contribution >= 0.6 is 11.6 Å². The van der Waals surface area contributed by atoms with Crippen molar-refractivity contribution in [2.75, 3.05) is 0 Å². The number of hydrogen-bond donors (Lipinski definition) is 2. The summed E-state index contributed by atoms with van der Waals surface area (Å²) in [4.78, 5) is 12.0. The molecule has 5 heteroatoms. The highest BCUT2D eigenvalue weighted by atomic mass is 35.5. The number of phenolic OH excluding ortho intramolecular Hbond substituents is 1. The number of hydrazone groups is 1. The smallest absolute Gasteiger partial charge is 0.275 e. The van der Waals surface area contributed by atoms with Crippen molar-refractivity contribution in [3.05, 3.63) is 64.7 Å². The number of benzene rings is 2. The molecule has 108 valence electrons. The predicted molar refractivity (Wildman–Crippen MR) is 83.9 cm³/mol. The zero-order valence-corrected chi connectivity index (χ0v) is 12.3. The van der Waals surface area contributed by atoms with Crippen molar-refractivity contribution < 1.29 is 9.90 Å². The van der Waals surface area contributed by atoms with Gasteiger partial charge in [0.1, 0.15) is 5.75 Å². The van der Waals surface area contributed by atoms with Gasteiger partial charge in [-0.3, -0.25) is 4.79 Å². The maximum Gasteiger partial charge on any atom is 0.275 e. The summed E-state index contributed by atoms with van der Waals surface area (Å²) in [5.74, 6) is -0.525. The van der Waals surface area contributed by atoms with Gasteiger partial charge in [-0.1, -0.05) is 42.8 Å². The Bertz CT molecular complexity index is 666. The molecule has 0 spiro atoms. The van der Waals surface area contributed by atoms with E-state index in [9.17, 15) is 9.90 Å². The van der Waals surface area contributed by atoms with Crippen LogP contribution in [0.3, 0.4) is 0 Å². The lowest BCUT2D eigenvalue weighted by atomic mass is 10.1. The Kier molecular flexibility index (Phi) is 4.95. The molecule has 0 fully saturated rings. The van der Waals surface area contributed by atoms with Gasteiger partial charge >= 0.3 is 0 Å². The quantitative estimate of drug-likeness (QED) is 0.669. The molecule has 0 unspecified atom stereocenters. The van der Waals surface area contributed by atoms with Crippen LogP contribution < -0.4 is 5.43 Å². The molecule has 0 saturated carbocycles. The molecule has 2 aromatic rings. The summed E-state index contributed by atoms with van der Waals surface area (Å²) < 4.78 is 0. The summed E-state index contributed by atoms with van der Waals surface area (Å²) in [6.07, 6.45) is 0.655. The van der Waals surface area contributed by atoms with Crippen molar-refractivity contribution in [3.63, 3.8) is 0 Å². The van der Waals surface area contributed by atoms with E-state index < -0.39 is 5.91 Å². The van der Waals surface area contributed by atoms with Gasteiger partial charge < -0.3 is 5.11 Å². The van der Waals surface area contributed by atoms with Crippen molar-refractivity contribution in [2.24, 2.45) is 5.10 Å². The summed E-state index contributed by atoms with van der Waals surface area (Å²) in [5, 5.41) is 14.4. The Morgan fingerprint density at radius 3 is 2.48 bits per heavy atom. The number of halogens is 1. The van der Waals surface area contributed by atoms with Crippen LogP contribution in [0.15, 0.2) is 53.6 Å². The molecule has 21 heavy (non-hydrogen) atoms. The Balaban J connectivity index is 2.16. The molecular weight excluding hydrogens is 288 g/mol. The molecule has 0 radical (unpaired) electrons. The monoisotopic (exact) mass is 302 g/mol. The third-order valence-electron chi connectivity index (χ3n) is 2.95. The first-order chi connectivity index (χ1) is 10.1. The number of carbonyl (C=O) groups is 1. The topological polar surface area (TPSA) is 61.7 Å². The third kappa shape index (κ3) is 3.83. The highest BCUT2D eigenvalue weighted by molar-refractivity contribution is 6.30. The van der Waals surface area contributed by atoms with E-state index in [-0.39, 0.29) is 11.3 Å². The third-order valence-corrected chi connectivity index (χ3v) is 3.21. The molecule has 1 amide bonds. The van der Waals surface area contributed by atoms with Crippen LogP contribution in [0.4, 0.5) is 0 Å². The van der Waals surface area contributed by atoms with E-state index in [0.717, 1.165) is 11.3 Å². The maximum absolute atomic E-state index is 12.0. The van der Waals surface area contributed by atoms with E-state index in [2.05, 4.69) is 10.5 Å². The minimum absolute atomic E-state index is 0.0743. The highest BCUT2D eigenvalue weighted by Gasteiger charge is 2.10. The fourth-order valence-electron chi connectivity index (χ4n) is 1.83. The Hall–Kier alpha value is -2.33. The lowest BCUT2D eigenvalue weighted by Crippen LogP contribution is -2.20. The van der Waals surface area contributed by atoms with Crippen LogP contribution in [0.1, 0.15) is 29.3 Å². The minimum Gasteiger partial charge on any atom is -0.507 e. The average molecular weight is 303 g/mol. The zero-order chi connectivity index (χ0) is 15.2. The SMILES string of the molecule is CCC(=NNC(=O)c1ccccc1O)c1ccc(Cl)cc1. The van der Waals surface area contributed by atoms with E-state index in [0.29, 0.717) is 11.4 Å². The fraction of sp³-hybridized carbons (Fsp3) is 0.125. The van der Waals surface area contributed by atoms with Gasteiger partial charge in [-0.25, -0.2) is 5.43 Å². The van der Waals surface area contributed by atoms with Gasteiger partial charge in [-0.05, 0) is 36.2 Å². The first-order valence-corrected chi connectivity index (χ1v) is 6.90. The van der Waals surface area contributed by atoms with Gasteiger partial charge in [0.15, 0.2) is 0 Å². The molecule has 2 rings (SSSR count). The summed E-state index contributed by atoms with van der Waals surface area (Å²) >= 11 is 5.85. The first kappa shape index (κ1) is 15.1. The molecule has 0 saturated heterocycles. The highest BCUT2D eigenvalue weighted by Crippen LogP contribution is 2.15. The van der Waals surface area contributed by atoms with E-state index in [1.54, 1.807) is 24.3 Å². The van der Waals surface area contributed by atoms with Gasteiger partial charge in [0.05, 0.1) is 11.3 Å². The molecule has 0 aliphatic heterocycles. The molecule has 0 heterocycles. The number of para-hydroxylation sites is 1. The van der Waals surface area contributed by atoms with Gasteiger partial charge in [-0.2, -0.15) is 5.10 Å². The molecule has 0 aliphatic carbocycles. The summed E-state index contributed by atoms with van der Waals surface area (Å²) in [6, 6.07) is 13.6. The number of nitrogens with zero attached hydrogens (tertiary/aromatic N) is 1. The molecule has 0 bridgehead atoms. The second-order valence-electron chi connectivity index (χ2n) is 4.38. The summed E-state index contributed by atoms with van der Waals surface area (Å²) in [5.41, 5.74) is 4.27. The number of carbonyl (C=O) groups excluding carboxylic acids is 1. The van der Waals surface area contributed by atoms with Crippen LogP contribution in [-0.4, -0.2) is 16.7 Å². The fourth-order valence-corrected chi connectivity index (χ4v) is 1.96. The number of nitrogens with one attached hydrogen (secondary N) is 1. The predicted octanol–water partition coefficient (Wildman–Crippen LogP) is 3.59. The summed E-state index contributed by atoms with van der Waals surface area (Å²) in [7, 11) is 0. The number of amides is 1. The zero-order valence-electron chi connectivity index (χ0n) is 11.5. The van der Waals surface area contributed by atoms with Crippen LogP contribution in [0.5, 0.6) is 5.75 Å². The van der Waals surface area contributed by atoms with E-state index in [4.69, 9.17) is 11.6 Å². The molecule has 0 aliphatic rings. The van der Waals surface area contributed by atoms with E-state index >= 15 is 0 Å². The Morgan fingerprint density at radius 2 is 1.86 bits per heavy atom. The standard InChI is InChI=1S/C16H15ClN2O2/c1-2-14(11-7-9-12(17)10-8-11)18-19-16(21)13-5-3-4-6-15(13)20/h3-10,20H,2H2,1H3,(H,19,21). The van der Waals surface area contributed by atoms with Crippen molar-refractivity contribution in [2.45, 2.75) is 13.3 Å². The van der Waals surface area contributed by atoms with Crippen molar-refractivity contribution >= 4 is 23.2 Å². The van der Waals surface area contributed by atoms with Gasteiger partial charge in [-0.15, -0.1) is 0 Å². The maximum atomic E-state index is 12.0. The molecule has 0 atom stereocenters. The van der Waals surface area contributed by atoms with E-state index in [1.165, 1.54) is 12.1 Å². The Morgan fingerprint density at radius 1 is 1.19 bits per heavy atom. The lowest BCUT2D eigenvalue weighted by molar-refractivity contribution is 0.0952. The second-order valence-corrected chi connectivity index (χ2v) is 4.81. The van der Waals surface area contributed by atoms with Gasteiger partial charge in [0.25, 0.3) is 5.91 Å². The van der Waals surface area contributed by atoms with E-state index in [1.807, 2.05) is 19.1 Å². The normalized spacial score (nSPS) is 11.2.